The summed E-state index contributed by atoms with van der Waals surface area (Å²) in [6.45, 7) is 3.93. The average molecular weight is 314 g/mol. The number of hydrogen-bond donors (Lipinski definition) is 2. The third-order valence-electron chi connectivity index (χ3n) is 4.59. The molecule has 2 atom stereocenters. The quantitative estimate of drug-likeness (QED) is 0.896. The summed E-state index contributed by atoms with van der Waals surface area (Å²) in [4.78, 5) is -0.00639. The molecule has 1 saturated carbocycles. The molecule has 2 rings (SSSR count). The second-order valence-electron chi connectivity index (χ2n) is 6.02. The number of hydrogen-bond acceptors (Lipinski definition) is 3. The fraction of sp³-hybridized carbons (Fsp3) is 0.600. The number of nitrogens with one attached hydrogen (secondary N) is 1. The second kappa shape index (κ2) is 6.02. The van der Waals surface area contributed by atoms with Crippen molar-refractivity contribution in [1.29, 1.82) is 0 Å². The van der Waals surface area contributed by atoms with Crippen molar-refractivity contribution in [3.05, 3.63) is 29.6 Å². The van der Waals surface area contributed by atoms with Crippen molar-refractivity contribution >= 4 is 10.0 Å². The zero-order valence-corrected chi connectivity index (χ0v) is 13.3. The lowest BCUT2D eigenvalue weighted by atomic mass is 9.74. The van der Waals surface area contributed by atoms with Crippen molar-refractivity contribution in [1.82, 2.24) is 4.72 Å². The Hall–Kier alpha value is -0.980. The van der Waals surface area contributed by atoms with Crippen LogP contribution in [0.2, 0.25) is 0 Å². The Bertz CT molecular complexity index is 618. The Morgan fingerprint density at radius 1 is 1.43 bits per heavy atom. The summed E-state index contributed by atoms with van der Waals surface area (Å²) in [5.41, 5.74) is 5.78. The van der Waals surface area contributed by atoms with Gasteiger partial charge in [0, 0.05) is 12.1 Å². The van der Waals surface area contributed by atoms with E-state index >= 15 is 0 Å². The second-order valence-corrected chi connectivity index (χ2v) is 7.67. The standard InChI is InChI=1S/C15H23FN2O2S/c1-11-6-7-13(16)9-14(11)21(19,20)18-15(10-17)8-4-3-5-12(15)2/h6-7,9,12,18H,3-5,8,10,17H2,1-2H3. The van der Waals surface area contributed by atoms with Gasteiger partial charge in [-0.05, 0) is 43.4 Å². The fourth-order valence-corrected chi connectivity index (χ4v) is 4.89. The van der Waals surface area contributed by atoms with Crippen LogP contribution in [0.1, 0.15) is 38.2 Å². The molecule has 0 bridgehead atoms. The van der Waals surface area contributed by atoms with Crippen LogP contribution >= 0.6 is 0 Å². The van der Waals surface area contributed by atoms with Crippen molar-refractivity contribution in [2.24, 2.45) is 11.7 Å². The van der Waals surface area contributed by atoms with E-state index in [-0.39, 0.29) is 17.4 Å². The molecule has 0 aromatic heterocycles. The molecule has 3 N–H and O–H groups in total. The van der Waals surface area contributed by atoms with E-state index in [9.17, 15) is 12.8 Å². The first-order valence-electron chi connectivity index (χ1n) is 7.31. The highest BCUT2D eigenvalue weighted by atomic mass is 32.2. The van der Waals surface area contributed by atoms with Gasteiger partial charge in [-0.25, -0.2) is 17.5 Å². The molecule has 0 radical (unpaired) electrons. The lowest BCUT2D eigenvalue weighted by Crippen LogP contribution is -2.59. The molecule has 0 aliphatic heterocycles. The Labute approximate surface area is 126 Å². The summed E-state index contributed by atoms with van der Waals surface area (Å²) in [6, 6.07) is 3.80. The molecule has 1 aliphatic carbocycles. The van der Waals surface area contributed by atoms with E-state index in [1.54, 1.807) is 6.92 Å². The number of aryl methyl sites for hydroxylation is 1. The van der Waals surface area contributed by atoms with Crippen molar-refractivity contribution in [2.75, 3.05) is 6.54 Å². The van der Waals surface area contributed by atoms with Crippen LogP contribution in [0.3, 0.4) is 0 Å². The van der Waals surface area contributed by atoms with Gasteiger partial charge in [-0.2, -0.15) is 0 Å². The lowest BCUT2D eigenvalue weighted by molar-refractivity contribution is 0.191. The molecule has 4 nitrogen and oxygen atoms in total. The third kappa shape index (κ3) is 3.27. The van der Waals surface area contributed by atoms with Gasteiger partial charge in [0.25, 0.3) is 0 Å². The summed E-state index contributed by atoms with van der Waals surface area (Å²) in [7, 11) is -3.79. The average Bonchev–Trinajstić information content (AvgIpc) is 2.44. The minimum atomic E-state index is -3.79. The summed E-state index contributed by atoms with van der Waals surface area (Å²) in [5.74, 6) is -0.389. The predicted octanol–water partition coefficient (Wildman–Crippen LogP) is 2.32. The van der Waals surface area contributed by atoms with Crippen LogP contribution in [0.4, 0.5) is 4.39 Å². The normalized spacial score (nSPS) is 26.8. The molecular formula is C15H23FN2O2S. The monoisotopic (exact) mass is 314 g/mol. The maximum Gasteiger partial charge on any atom is 0.241 e. The number of sulfonamides is 1. The van der Waals surface area contributed by atoms with E-state index < -0.39 is 21.4 Å². The molecule has 1 aromatic carbocycles. The van der Waals surface area contributed by atoms with Gasteiger partial charge in [0.2, 0.25) is 10.0 Å². The molecule has 21 heavy (non-hydrogen) atoms. The van der Waals surface area contributed by atoms with Crippen LogP contribution in [-0.2, 0) is 10.0 Å². The van der Waals surface area contributed by atoms with Crippen molar-refractivity contribution in [2.45, 2.75) is 50.0 Å². The summed E-state index contributed by atoms with van der Waals surface area (Å²) >= 11 is 0. The first kappa shape index (κ1) is 16.4. The van der Waals surface area contributed by atoms with Gasteiger partial charge in [-0.3, -0.25) is 0 Å². The van der Waals surface area contributed by atoms with E-state index in [0.29, 0.717) is 5.56 Å². The molecule has 2 unspecified atom stereocenters. The topological polar surface area (TPSA) is 72.2 Å². The van der Waals surface area contributed by atoms with Gasteiger partial charge in [0.15, 0.2) is 0 Å². The number of halogens is 1. The van der Waals surface area contributed by atoms with Gasteiger partial charge in [-0.1, -0.05) is 25.8 Å². The van der Waals surface area contributed by atoms with Gasteiger partial charge in [-0.15, -0.1) is 0 Å². The zero-order chi connectivity index (χ0) is 15.7. The predicted molar refractivity (Wildman–Crippen MR) is 80.9 cm³/mol. The SMILES string of the molecule is Cc1ccc(F)cc1S(=O)(=O)NC1(CN)CCCCC1C. The number of nitrogens with two attached hydrogens (primary N) is 1. The minimum absolute atomic E-state index is 0.00639. The van der Waals surface area contributed by atoms with Gasteiger partial charge >= 0.3 is 0 Å². The van der Waals surface area contributed by atoms with E-state index in [4.69, 9.17) is 5.73 Å². The molecular weight excluding hydrogens is 291 g/mol. The van der Waals surface area contributed by atoms with Crippen molar-refractivity contribution in [3.8, 4) is 0 Å². The Balaban J connectivity index is 2.37. The zero-order valence-electron chi connectivity index (χ0n) is 12.5. The molecule has 0 amide bonds. The van der Waals surface area contributed by atoms with Crippen molar-refractivity contribution in [3.63, 3.8) is 0 Å². The van der Waals surface area contributed by atoms with Crippen LogP contribution in [0.25, 0.3) is 0 Å². The first-order valence-corrected chi connectivity index (χ1v) is 8.79. The van der Waals surface area contributed by atoms with E-state index in [0.717, 1.165) is 31.7 Å². The van der Waals surface area contributed by atoms with E-state index in [2.05, 4.69) is 4.72 Å². The van der Waals surface area contributed by atoms with Gasteiger partial charge in [0.1, 0.15) is 5.82 Å². The molecule has 1 aromatic rings. The van der Waals surface area contributed by atoms with Gasteiger partial charge < -0.3 is 5.73 Å². The Morgan fingerprint density at radius 3 is 2.76 bits per heavy atom. The molecule has 1 fully saturated rings. The number of benzene rings is 1. The van der Waals surface area contributed by atoms with Crippen LogP contribution < -0.4 is 10.5 Å². The number of rotatable bonds is 4. The van der Waals surface area contributed by atoms with Crippen LogP contribution in [0.5, 0.6) is 0 Å². The Morgan fingerprint density at radius 2 is 2.14 bits per heavy atom. The van der Waals surface area contributed by atoms with Gasteiger partial charge in [0.05, 0.1) is 4.90 Å². The van der Waals surface area contributed by atoms with Crippen LogP contribution in [-0.4, -0.2) is 20.5 Å². The lowest BCUT2D eigenvalue weighted by Gasteiger charge is -2.42. The molecule has 0 heterocycles. The summed E-state index contributed by atoms with van der Waals surface area (Å²) < 4.78 is 41.5. The Kier molecular flexibility index (Phi) is 4.70. The molecule has 0 saturated heterocycles. The molecule has 6 heteroatoms. The minimum Gasteiger partial charge on any atom is -0.329 e. The molecule has 0 spiro atoms. The van der Waals surface area contributed by atoms with Crippen LogP contribution in [0, 0.1) is 18.7 Å². The first-order chi connectivity index (χ1) is 9.81. The largest absolute Gasteiger partial charge is 0.329 e. The smallest absolute Gasteiger partial charge is 0.241 e. The molecule has 118 valence electrons. The van der Waals surface area contributed by atoms with Crippen LogP contribution in [0.15, 0.2) is 23.1 Å². The highest BCUT2D eigenvalue weighted by Crippen LogP contribution is 2.34. The summed E-state index contributed by atoms with van der Waals surface area (Å²) in [5, 5.41) is 0. The third-order valence-corrected chi connectivity index (χ3v) is 6.29. The maximum absolute atomic E-state index is 13.4. The van der Waals surface area contributed by atoms with E-state index in [1.165, 1.54) is 12.1 Å². The summed E-state index contributed by atoms with van der Waals surface area (Å²) in [6.07, 6.45) is 3.70. The van der Waals surface area contributed by atoms with Crippen molar-refractivity contribution < 1.29 is 12.8 Å². The highest BCUT2D eigenvalue weighted by Gasteiger charge is 2.40. The molecule has 1 aliphatic rings. The maximum atomic E-state index is 13.4. The van der Waals surface area contributed by atoms with E-state index in [1.807, 2.05) is 6.92 Å². The fourth-order valence-electron chi connectivity index (χ4n) is 3.10. The highest BCUT2D eigenvalue weighted by molar-refractivity contribution is 7.89.